The van der Waals surface area contributed by atoms with Crippen LogP contribution in [-0.4, -0.2) is 42.7 Å². The molecule has 1 aliphatic rings. The van der Waals surface area contributed by atoms with Crippen molar-refractivity contribution in [2.45, 2.75) is 38.6 Å². The molecule has 2 N–H and O–H groups in total. The smallest absolute Gasteiger partial charge is 0.274 e. The number of nitrogens with zero attached hydrogens (tertiary/aromatic N) is 4. The Balaban J connectivity index is 1.63. The first-order valence-electron chi connectivity index (χ1n) is 8.95. The zero-order valence-corrected chi connectivity index (χ0v) is 14.9. The summed E-state index contributed by atoms with van der Waals surface area (Å²) in [5.74, 6) is 0.273. The van der Waals surface area contributed by atoms with E-state index in [1.807, 2.05) is 29.3 Å². The minimum absolute atomic E-state index is 0.0210. The topological polar surface area (TPSA) is 90.6 Å². The van der Waals surface area contributed by atoms with Crippen molar-refractivity contribution >= 4 is 5.91 Å². The summed E-state index contributed by atoms with van der Waals surface area (Å²) in [5.41, 5.74) is 4.49. The van der Waals surface area contributed by atoms with Crippen LogP contribution in [0.3, 0.4) is 0 Å². The Labute approximate surface area is 151 Å². The summed E-state index contributed by atoms with van der Waals surface area (Å²) < 4.78 is 0. The third-order valence-electron chi connectivity index (χ3n) is 4.95. The Kier molecular flexibility index (Phi) is 4.28. The lowest BCUT2D eigenvalue weighted by Gasteiger charge is -2.24. The van der Waals surface area contributed by atoms with E-state index in [9.17, 15) is 4.79 Å². The van der Waals surface area contributed by atoms with Crippen LogP contribution in [0.4, 0.5) is 0 Å². The highest BCUT2D eigenvalue weighted by Gasteiger charge is 2.34. The van der Waals surface area contributed by atoms with Gasteiger partial charge in [-0.25, -0.2) is 0 Å². The number of carbonyl (C=O) groups is 1. The van der Waals surface area contributed by atoms with Crippen molar-refractivity contribution < 1.29 is 4.79 Å². The summed E-state index contributed by atoms with van der Waals surface area (Å²) in [6, 6.07) is 5.75. The van der Waals surface area contributed by atoms with E-state index in [2.05, 4.69) is 39.2 Å². The van der Waals surface area contributed by atoms with E-state index in [0.717, 1.165) is 41.9 Å². The summed E-state index contributed by atoms with van der Waals surface area (Å²) in [6.07, 6.45) is 7.22. The first-order valence-corrected chi connectivity index (χ1v) is 8.95. The Hall–Kier alpha value is -2.96. The molecule has 0 unspecified atom stereocenters. The van der Waals surface area contributed by atoms with Crippen molar-refractivity contribution in [1.29, 1.82) is 0 Å². The molecule has 4 heterocycles. The molecular weight excluding hydrogens is 328 g/mol. The fourth-order valence-corrected chi connectivity index (χ4v) is 3.51. The van der Waals surface area contributed by atoms with Gasteiger partial charge in [0.2, 0.25) is 0 Å². The third kappa shape index (κ3) is 2.89. The lowest BCUT2D eigenvalue weighted by atomic mass is 10.0. The van der Waals surface area contributed by atoms with E-state index in [0.29, 0.717) is 11.6 Å². The Bertz CT molecular complexity index is 898. The monoisotopic (exact) mass is 350 g/mol. The Morgan fingerprint density at radius 3 is 2.81 bits per heavy atom. The van der Waals surface area contributed by atoms with Gasteiger partial charge in [0.15, 0.2) is 0 Å². The number of pyridine rings is 1. The van der Waals surface area contributed by atoms with Crippen molar-refractivity contribution in [3.63, 3.8) is 0 Å². The number of aromatic nitrogens is 5. The van der Waals surface area contributed by atoms with Crippen LogP contribution in [0.2, 0.25) is 0 Å². The molecule has 0 aromatic carbocycles. The molecule has 26 heavy (non-hydrogen) atoms. The van der Waals surface area contributed by atoms with Gasteiger partial charge >= 0.3 is 0 Å². The number of carbonyl (C=O) groups excluding carboxylic acids is 1. The molecule has 0 spiro atoms. The van der Waals surface area contributed by atoms with E-state index >= 15 is 0 Å². The molecule has 0 saturated carbocycles. The van der Waals surface area contributed by atoms with Crippen LogP contribution < -0.4 is 0 Å². The van der Waals surface area contributed by atoms with Gasteiger partial charge in [0.25, 0.3) is 5.91 Å². The molecule has 0 radical (unpaired) electrons. The average Bonchev–Trinajstić information content (AvgIpc) is 3.40. The van der Waals surface area contributed by atoms with Crippen molar-refractivity contribution in [1.82, 2.24) is 30.3 Å². The molecule has 3 aromatic heterocycles. The van der Waals surface area contributed by atoms with Crippen molar-refractivity contribution in [3.8, 4) is 11.1 Å². The van der Waals surface area contributed by atoms with Gasteiger partial charge in [0.05, 0.1) is 17.9 Å². The zero-order valence-electron chi connectivity index (χ0n) is 14.9. The average molecular weight is 350 g/mol. The number of nitrogens with one attached hydrogen (secondary N) is 2. The molecule has 1 amide bonds. The molecule has 0 bridgehead atoms. The van der Waals surface area contributed by atoms with Gasteiger partial charge in [0, 0.05) is 30.2 Å². The molecule has 4 rings (SSSR count). The summed E-state index contributed by atoms with van der Waals surface area (Å²) >= 11 is 0. The number of amides is 1. The predicted octanol–water partition coefficient (Wildman–Crippen LogP) is 3.30. The zero-order chi connectivity index (χ0) is 18.1. The number of rotatable bonds is 4. The summed E-state index contributed by atoms with van der Waals surface area (Å²) in [7, 11) is 0. The van der Waals surface area contributed by atoms with Crippen LogP contribution in [0.15, 0.2) is 36.8 Å². The molecule has 3 aromatic rings. The van der Waals surface area contributed by atoms with Gasteiger partial charge < -0.3 is 4.90 Å². The number of H-pyrrole nitrogens is 2. The number of hydrogen-bond donors (Lipinski definition) is 2. The number of likely N-dealkylation sites (tertiary alicyclic amines) is 1. The molecule has 1 atom stereocenters. The minimum Gasteiger partial charge on any atom is -0.329 e. The van der Waals surface area contributed by atoms with Gasteiger partial charge in [-0.15, -0.1) is 0 Å². The van der Waals surface area contributed by atoms with Crippen LogP contribution in [0.5, 0.6) is 0 Å². The molecule has 0 aliphatic carbocycles. The maximum Gasteiger partial charge on any atom is 0.274 e. The van der Waals surface area contributed by atoms with Crippen LogP contribution in [-0.2, 0) is 0 Å². The highest BCUT2D eigenvalue weighted by atomic mass is 16.2. The van der Waals surface area contributed by atoms with E-state index in [1.54, 1.807) is 12.4 Å². The Morgan fingerprint density at radius 1 is 1.27 bits per heavy atom. The molecule has 1 saturated heterocycles. The molecule has 7 heteroatoms. The first kappa shape index (κ1) is 16.5. The maximum absolute atomic E-state index is 13.0. The quantitative estimate of drug-likeness (QED) is 0.755. The van der Waals surface area contributed by atoms with Crippen LogP contribution >= 0.6 is 0 Å². The fraction of sp³-hybridized carbons (Fsp3) is 0.368. The molecule has 134 valence electrons. The molecule has 1 aliphatic heterocycles. The lowest BCUT2D eigenvalue weighted by molar-refractivity contribution is 0.0727. The standard InChI is InChI=1S/C19H22N6O/c1-12(2)15-10-16(23-22-15)19(26)25-9-3-4-17(25)18-14(11-21-24-18)13-5-7-20-8-6-13/h5-8,10-12,17H,3-4,9H2,1-2H3,(H,21,24)(H,22,23)/t17-/m0/s1. The van der Waals surface area contributed by atoms with Crippen LogP contribution in [0, 0.1) is 0 Å². The second kappa shape index (κ2) is 6.74. The summed E-state index contributed by atoms with van der Waals surface area (Å²) in [4.78, 5) is 19.0. The maximum atomic E-state index is 13.0. The molecular formula is C19H22N6O. The summed E-state index contributed by atoms with van der Waals surface area (Å²) in [5, 5.41) is 14.5. The minimum atomic E-state index is -0.0362. The van der Waals surface area contributed by atoms with Crippen molar-refractivity contribution in [2.75, 3.05) is 6.54 Å². The number of aromatic amines is 2. The van der Waals surface area contributed by atoms with Gasteiger partial charge in [0.1, 0.15) is 5.69 Å². The van der Waals surface area contributed by atoms with E-state index in [-0.39, 0.29) is 11.9 Å². The SMILES string of the molecule is CC(C)c1cc(C(=O)N2CCC[C@H]2c2[nH]ncc2-c2ccncc2)n[nH]1. The van der Waals surface area contributed by atoms with Gasteiger partial charge in [-0.3, -0.25) is 20.0 Å². The molecule has 1 fully saturated rings. The number of hydrogen-bond acceptors (Lipinski definition) is 4. The molecule has 7 nitrogen and oxygen atoms in total. The van der Waals surface area contributed by atoms with Crippen LogP contribution in [0.25, 0.3) is 11.1 Å². The van der Waals surface area contributed by atoms with Gasteiger partial charge in [-0.05, 0) is 42.5 Å². The second-order valence-electron chi connectivity index (χ2n) is 6.95. The van der Waals surface area contributed by atoms with E-state index in [1.165, 1.54) is 0 Å². The van der Waals surface area contributed by atoms with Crippen molar-refractivity contribution in [3.05, 3.63) is 53.9 Å². The van der Waals surface area contributed by atoms with Crippen LogP contribution in [0.1, 0.15) is 60.5 Å². The lowest BCUT2D eigenvalue weighted by Crippen LogP contribution is -2.31. The fourth-order valence-electron chi connectivity index (χ4n) is 3.51. The second-order valence-corrected chi connectivity index (χ2v) is 6.95. The van der Waals surface area contributed by atoms with Crippen molar-refractivity contribution in [2.24, 2.45) is 0 Å². The Morgan fingerprint density at radius 2 is 2.08 bits per heavy atom. The van der Waals surface area contributed by atoms with Gasteiger partial charge in [-0.2, -0.15) is 10.2 Å². The van der Waals surface area contributed by atoms with Gasteiger partial charge in [-0.1, -0.05) is 13.8 Å². The highest BCUT2D eigenvalue weighted by Crippen LogP contribution is 2.37. The summed E-state index contributed by atoms with van der Waals surface area (Å²) in [6.45, 7) is 4.88. The normalized spacial score (nSPS) is 17.2. The third-order valence-corrected chi connectivity index (χ3v) is 4.95. The highest BCUT2D eigenvalue weighted by molar-refractivity contribution is 5.93. The predicted molar refractivity (Wildman–Crippen MR) is 97.5 cm³/mol. The van der Waals surface area contributed by atoms with E-state index < -0.39 is 0 Å². The van der Waals surface area contributed by atoms with E-state index in [4.69, 9.17) is 0 Å². The first-order chi connectivity index (χ1) is 12.6. The largest absolute Gasteiger partial charge is 0.329 e.